The molecule has 1 aliphatic carbocycles. The molecule has 0 aromatic carbocycles. The number of aryl methyl sites for hydroxylation is 2. The highest BCUT2D eigenvalue weighted by Crippen LogP contribution is 2.33. The average molecular weight is 262 g/mol. The van der Waals surface area contributed by atoms with Crippen LogP contribution in [0.5, 0.6) is 0 Å². The van der Waals surface area contributed by atoms with Crippen molar-refractivity contribution in [2.24, 2.45) is 7.05 Å². The number of aromatic nitrogens is 2. The van der Waals surface area contributed by atoms with E-state index in [9.17, 15) is 9.59 Å². The highest BCUT2D eigenvalue weighted by Gasteiger charge is 2.26. The molecule has 0 saturated carbocycles. The van der Waals surface area contributed by atoms with E-state index in [1.807, 2.05) is 20.2 Å². The molecule has 1 atom stereocenters. The molecule has 1 aliphatic rings. The summed E-state index contributed by atoms with van der Waals surface area (Å²) in [6.45, 7) is 3.66. The Morgan fingerprint density at radius 2 is 2.26 bits per heavy atom. The van der Waals surface area contributed by atoms with Crippen LogP contribution >= 0.6 is 0 Å². The maximum Gasteiger partial charge on any atom is 0.310 e. The quantitative estimate of drug-likeness (QED) is 0.782. The zero-order valence-electron chi connectivity index (χ0n) is 11.5. The van der Waals surface area contributed by atoms with Gasteiger partial charge in [0.1, 0.15) is 5.76 Å². The first kappa shape index (κ1) is 13.5. The number of esters is 1. The lowest BCUT2D eigenvalue weighted by Gasteiger charge is -2.21. The third kappa shape index (κ3) is 3.10. The Morgan fingerprint density at radius 1 is 1.53 bits per heavy atom. The van der Waals surface area contributed by atoms with Crippen LogP contribution in [0.2, 0.25) is 0 Å². The monoisotopic (exact) mass is 262 g/mol. The molecule has 5 nitrogen and oxygen atoms in total. The van der Waals surface area contributed by atoms with Gasteiger partial charge in [-0.25, -0.2) is 0 Å². The highest BCUT2D eigenvalue weighted by molar-refractivity contribution is 5.92. The Kier molecular flexibility index (Phi) is 3.83. The molecule has 0 amide bonds. The van der Waals surface area contributed by atoms with Crippen LogP contribution in [0.1, 0.15) is 43.4 Å². The molecule has 0 bridgehead atoms. The first-order valence-electron chi connectivity index (χ1n) is 6.43. The van der Waals surface area contributed by atoms with Gasteiger partial charge in [0, 0.05) is 44.5 Å². The summed E-state index contributed by atoms with van der Waals surface area (Å²) >= 11 is 0. The lowest BCUT2D eigenvalue weighted by atomic mass is 9.86. The molecule has 0 aliphatic heterocycles. The third-order valence-electron chi connectivity index (χ3n) is 3.24. The van der Waals surface area contributed by atoms with Crippen LogP contribution in [0, 0.1) is 6.92 Å². The number of allylic oxidation sites excluding steroid dienone is 2. The molecule has 5 heteroatoms. The number of hydrogen-bond donors (Lipinski definition) is 0. The summed E-state index contributed by atoms with van der Waals surface area (Å²) in [6.07, 6.45) is 4.69. The van der Waals surface area contributed by atoms with E-state index in [1.54, 1.807) is 11.6 Å². The second-order valence-electron chi connectivity index (χ2n) is 4.85. The molecule has 102 valence electrons. The lowest BCUT2D eigenvalue weighted by molar-refractivity contribution is -0.139. The fraction of sp³-hybridized carbons (Fsp3) is 0.500. The number of hydrogen-bond acceptors (Lipinski definition) is 4. The van der Waals surface area contributed by atoms with E-state index in [-0.39, 0.29) is 17.7 Å². The minimum absolute atomic E-state index is 0.00148. The summed E-state index contributed by atoms with van der Waals surface area (Å²) in [6, 6.07) is 0. The average Bonchev–Trinajstić information content (AvgIpc) is 2.67. The summed E-state index contributed by atoms with van der Waals surface area (Å²) in [5.41, 5.74) is 1.97. The van der Waals surface area contributed by atoms with Gasteiger partial charge < -0.3 is 4.74 Å². The van der Waals surface area contributed by atoms with E-state index >= 15 is 0 Å². The Labute approximate surface area is 112 Å². The van der Waals surface area contributed by atoms with Gasteiger partial charge in [0.05, 0.1) is 5.69 Å². The fourth-order valence-corrected chi connectivity index (χ4v) is 2.38. The van der Waals surface area contributed by atoms with E-state index in [4.69, 9.17) is 4.74 Å². The number of rotatable bonds is 3. The van der Waals surface area contributed by atoms with E-state index in [1.165, 1.54) is 6.08 Å². The Hall–Kier alpha value is -1.91. The molecule has 1 heterocycles. The zero-order valence-corrected chi connectivity index (χ0v) is 11.5. The molecule has 0 saturated heterocycles. The van der Waals surface area contributed by atoms with Crippen LogP contribution in [0.25, 0.3) is 0 Å². The van der Waals surface area contributed by atoms with Crippen molar-refractivity contribution in [3.63, 3.8) is 0 Å². The second kappa shape index (κ2) is 5.38. The number of carbonyl (C=O) groups excluding carboxylic acids is 2. The topological polar surface area (TPSA) is 61.2 Å². The number of nitrogens with zero attached hydrogens (tertiary/aromatic N) is 2. The maximum absolute atomic E-state index is 11.8. The third-order valence-corrected chi connectivity index (χ3v) is 3.24. The minimum Gasteiger partial charge on any atom is -0.431 e. The molecule has 0 spiro atoms. The van der Waals surface area contributed by atoms with Gasteiger partial charge in [-0.15, -0.1) is 0 Å². The van der Waals surface area contributed by atoms with Gasteiger partial charge in [-0.3, -0.25) is 14.3 Å². The normalized spacial score (nSPS) is 19.2. The van der Waals surface area contributed by atoms with Gasteiger partial charge in [0.25, 0.3) is 0 Å². The first-order valence-corrected chi connectivity index (χ1v) is 6.43. The van der Waals surface area contributed by atoms with Gasteiger partial charge in [-0.1, -0.05) is 6.92 Å². The van der Waals surface area contributed by atoms with Crippen LogP contribution in [0.4, 0.5) is 0 Å². The van der Waals surface area contributed by atoms with Gasteiger partial charge >= 0.3 is 5.97 Å². The van der Waals surface area contributed by atoms with E-state index in [0.29, 0.717) is 25.0 Å². The fourth-order valence-electron chi connectivity index (χ4n) is 2.38. The van der Waals surface area contributed by atoms with Crippen LogP contribution in [-0.4, -0.2) is 21.5 Å². The van der Waals surface area contributed by atoms with Crippen molar-refractivity contribution in [1.29, 1.82) is 0 Å². The van der Waals surface area contributed by atoms with Gasteiger partial charge in [0.15, 0.2) is 5.78 Å². The van der Waals surface area contributed by atoms with Crippen molar-refractivity contribution >= 4 is 11.8 Å². The Bertz CT molecular complexity index is 543. The predicted molar refractivity (Wildman–Crippen MR) is 69.4 cm³/mol. The van der Waals surface area contributed by atoms with Crippen molar-refractivity contribution in [3.8, 4) is 0 Å². The number of ketones is 1. The zero-order chi connectivity index (χ0) is 14.0. The molecule has 0 N–H and O–H groups in total. The highest BCUT2D eigenvalue weighted by atomic mass is 16.5. The van der Waals surface area contributed by atoms with Crippen molar-refractivity contribution in [1.82, 2.24) is 9.78 Å². The Balaban J connectivity index is 2.18. The first-order chi connectivity index (χ1) is 8.99. The van der Waals surface area contributed by atoms with Crippen LogP contribution < -0.4 is 0 Å². The van der Waals surface area contributed by atoms with Gasteiger partial charge in [0.2, 0.25) is 0 Å². The minimum atomic E-state index is -0.303. The lowest BCUT2D eigenvalue weighted by Crippen LogP contribution is -2.16. The van der Waals surface area contributed by atoms with Crippen molar-refractivity contribution in [2.75, 3.05) is 0 Å². The van der Waals surface area contributed by atoms with E-state index in [2.05, 4.69) is 5.10 Å². The summed E-state index contributed by atoms with van der Waals surface area (Å²) in [7, 11) is 1.86. The predicted octanol–water partition coefficient (Wildman–Crippen LogP) is 2.01. The smallest absolute Gasteiger partial charge is 0.310 e. The molecule has 1 aromatic rings. The summed E-state index contributed by atoms with van der Waals surface area (Å²) < 4.78 is 6.92. The SMILES string of the molecule is CCC(=O)OC1=CC(=O)CC(c2cn(C)nc2C)C1. The van der Waals surface area contributed by atoms with Crippen LogP contribution in [-0.2, 0) is 21.4 Å². The second-order valence-corrected chi connectivity index (χ2v) is 4.85. The largest absolute Gasteiger partial charge is 0.431 e. The molecule has 2 rings (SSSR count). The molecular weight excluding hydrogens is 244 g/mol. The van der Waals surface area contributed by atoms with Gasteiger partial charge in [-0.2, -0.15) is 5.10 Å². The van der Waals surface area contributed by atoms with Crippen molar-refractivity contribution < 1.29 is 14.3 Å². The molecule has 0 fully saturated rings. The van der Waals surface area contributed by atoms with Gasteiger partial charge in [-0.05, 0) is 12.5 Å². The number of ether oxygens (including phenoxy) is 1. The Morgan fingerprint density at radius 3 is 2.84 bits per heavy atom. The molecule has 19 heavy (non-hydrogen) atoms. The molecule has 0 radical (unpaired) electrons. The van der Waals surface area contributed by atoms with E-state index < -0.39 is 0 Å². The van der Waals surface area contributed by atoms with Crippen molar-refractivity contribution in [2.45, 2.75) is 39.0 Å². The molecular formula is C14H18N2O3. The standard InChI is InChI=1S/C14H18N2O3/c1-4-14(18)19-12-6-10(5-11(17)7-12)13-8-16(3)15-9(13)2/h7-8,10H,4-6H2,1-3H3. The van der Waals surface area contributed by atoms with Crippen LogP contribution in [0.3, 0.4) is 0 Å². The van der Waals surface area contributed by atoms with E-state index in [0.717, 1.165) is 11.3 Å². The molecule has 1 aromatic heterocycles. The van der Waals surface area contributed by atoms with Crippen molar-refractivity contribution in [3.05, 3.63) is 29.3 Å². The summed E-state index contributed by atoms with van der Waals surface area (Å²) in [5, 5.41) is 4.29. The van der Waals surface area contributed by atoms with Crippen LogP contribution in [0.15, 0.2) is 18.0 Å². The molecule has 1 unspecified atom stereocenters. The summed E-state index contributed by atoms with van der Waals surface area (Å²) in [5.74, 6) is 0.211. The maximum atomic E-state index is 11.8. The summed E-state index contributed by atoms with van der Waals surface area (Å²) in [4.78, 5) is 23.1. The number of carbonyl (C=O) groups is 2.